The molecule has 94 valence electrons. The summed E-state index contributed by atoms with van der Waals surface area (Å²) in [6, 6.07) is 4.90. The Morgan fingerprint density at radius 2 is 2.18 bits per heavy atom. The average Bonchev–Trinajstić information content (AvgIpc) is 2.70. The van der Waals surface area contributed by atoms with Crippen molar-refractivity contribution in [2.75, 3.05) is 6.54 Å². The van der Waals surface area contributed by atoms with Gasteiger partial charge in [0.05, 0.1) is 5.02 Å². The Balaban J connectivity index is 1.80. The molecule has 0 spiro atoms. The minimum atomic E-state index is -0.354. The largest absolute Gasteiger partial charge is 0.312 e. The zero-order valence-corrected chi connectivity index (χ0v) is 11.1. The van der Waals surface area contributed by atoms with Gasteiger partial charge in [0.15, 0.2) is 0 Å². The van der Waals surface area contributed by atoms with Gasteiger partial charge >= 0.3 is 0 Å². The first kappa shape index (κ1) is 13.1. The molecule has 0 aliphatic heterocycles. The van der Waals surface area contributed by atoms with Gasteiger partial charge in [-0.1, -0.05) is 23.7 Å². The number of hydrogen-bond acceptors (Lipinski definition) is 1. The van der Waals surface area contributed by atoms with Crippen molar-refractivity contribution in [2.24, 2.45) is 5.92 Å². The van der Waals surface area contributed by atoms with Gasteiger partial charge < -0.3 is 5.32 Å². The smallest absolute Gasteiger partial charge is 0.142 e. The molecule has 0 amide bonds. The maximum atomic E-state index is 13.2. The minimum Gasteiger partial charge on any atom is -0.312 e. The van der Waals surface area contributed by atoms with Crippen LogP contribution in [0.5, 0.6) is 0 Å². The predicted octanol–water partition coefficient (Wildman–Crippen LogP) is 3.98. The Morgan fingerprint density at radius 1 is 1.35 bits per heavy atom. The van der Waals surface area contributed by atoms with Gasteiger partial charge in [-0.25, -0.2) is 4.39 Å². The maximum absolute atomic E-state index is 13.2. The Hall–Kier alpha value is -0.310. The van der Waals surface area contributed by atoms with E-state index in [9.17, 15) is 4.39 Å². The molecule has 4 heteroatoms. The Morgan fingerprint density at radius 3 is 2.88 bits per heavy atom. The first-order valence-electron chi connectivity index (χ1n) is 5.94. The number of nitrogens with one attached hydrogen (secondary N) is 1. The van der Waals surface area contributed by atoms with Gasteiger partial charge in [0.25, 0.3) is 0 Å². The highest BCUT2D eigenvalue weighted by Crippen LogP contribution is 2.29. The summed E-state index contributed by atoms with van der Waals surface area (Å²) in [5.41, 5.74) is 0.812. The van der Waals surface area contributed by atoms with Crippen molar-refractivity contribution in [3.05, 3.63) is 34.6 Å². The summed E-state index contributed by atoms with van der Waals surface area (Å²) >= 11 is 11.9. The van der Waals surface area contributed by atoms with Crippen LogP contribution in [0.25, 0.3) is 0 Å². The number of alkyl halides is 1. The van der Waals surface area contributed by atoms with E-state index in [4.69, 9.17) is 23.2 Å². The predicted molar refractivity (Wildman–Crippen MR) is 70.1 cm³/mol. The van der Waals surface area contributed by atoms with Crippen LogP contribution in [-0.2, 0) is 6.54 Å². The van der Waals surface area contributed by atoms with Gasteiger partial charge in [0.2, 0.25) is 0 Å². The molecule has 1 aromatic rings. The molecule has 1 aromatic carbocycles. The van der Waals surface area contributed by atoms with Crippen molar-refractivity contribution in [1.82, 2.24) is 5.32 Å². The molecule has 1 saturated carbocycles. The fourth-order valence-electron chi connectivity index (χ4n) is 2.30. The third kappa shape index (κ3) is 3.57. The molecular formula is C13H16Cl2FN. The Bertz CT molecular complexity index is 384. The SMILES string of the molecule is Fc1cccc(CNCC2CCC(Cl)C2)c1Cl. The van der Waals surface area contributed by atoms with Crippen molar-refractivity contribution in [2.45, 2.75) is 31.2 Å². The third-order valence-electron chi connectivity index (χ3n) is 3.26. The summed E-state index contributed by atoms with van der Waals surface area (Å²) in [5.74, 6) is 0.289. The van der Waals surface area contributed by atoms with Gasteiger partial charge in [0.1, 0.15) is 5.82 Å². The van der Waals surface area contributed by atoms with Crippen molar-refractivity contribution in [3.8, 4) is 0 Å². The molecular weight excluding hydrogens is 260 g/mol. The first-order chi connectivity index (χ1) is 8.16. The number of benzene rings is 1. The van der Waals surface area contributed by atoms with Crippen LogP contribution in [0.2, 0.25) is 5.02 Å². The minimum absolute atomic E-state index is 0.224. The van der Waals surface area contributed by atoms with E-state index < -0.39 is 0 Å². The molecule has 2 unspecified atom stereocenters. The van der Waals surface area contributed by atoms with Gasteiger partial charge in [-0.15, -0.1) is 11.6 Å². The lowest BCUT2D eigenvalue weighted by Crippen LogP contribution is -2.21. The summed E-state index contributed by atoms with van der Waals surface area (Å²) in [6.07, 6.45) is 3.36. The normalized spacial score (nSPS) is 24.2. The van der Waals surface area contributed by atoms with E-state index in [1.165, 1.54) is 12.5 Å². The van der Waals surface area contributed by atoms with E-state index in [0.29, 0.717) is 17.8 Å². The first-order valence-corrected chi connectivity index (χ1v) is 6.76. The second kappa shape index (κ2) is 6.03. The van der Waals surface area contributed by atoms with Crippen LogP contribution < -0.4 is 5.32 Å². The van der Waals surface area contributed by atoms with Crippen LogP contribution >= 0.6 is 23.2 Å². The molecule has 1 aliphatic rings. The molecule has 0 aromatic heterocycles. The fraction of sp³-hybridized carbons (Fsp3) is 0.538. The summed E-state index contributed by atoms with van der Waals surface area (Å²) < 4.78 is 13.2. The Labute approximate surface area is 111 Å². The molecule has 1 aliphatic carbocycles. The molecule has 1 nitrogen and oxygen atoms in total. The van der Waals surface area contributed by atoms with Gasteiger partial charge in [-0.3, -0.25) is 0 Å². The molecule has 1 fully saturated rings. The molecule has 2 atom stereocenters. The third-order valence-corrected chi connectivity index (χ3v) is 4.08. The van der Waals surface area contributed by atoms with Crippen LogP contribution in [0.15, 0.2) is 18.2 Å². The molecule has 0 heterocycles. The number of halogens is 3. The van der Waals surface area contributed by atoms with E-state index in [1.807, 2.05) is 6.07 Å². The monoisotopic (exact) mass is 275 g/mol. The second-order valence-electron chi connectivity index (χ2n) is 4.62. The topological polar surface area (TPSA) is 12.0 Å². The van der Waals surface area contributed by atoms with E-state index in [1.54, 1.807) is 6.07 Å². The van der Waals surface area contributed by atoms with Crippen LogP contribution in [0, 0.1) is 11.7 Å². The summed E-state index contributed by atoms with van der Waals surface area (Å²) in [6.45, 7) is 1.54. The highest BCUT2D eigenvalue weighted by atomic mass is 35.5. The highest BCUT2D eigenvalue weighted by Gasteiger charge is 2.22. The maximum Gasteiger partial charge on any atom is 0.142 e. The number of rotatable bonds is 4. The Kier molecular flexibility index (Phi) is 4.66. The quantitative estimate of drug-likeness (QED) is 0.820. The van der Waals surface area contributed by atoms with Gasteiger partial charge in [-0.2, -0.15) is 0 Å². The number of hydrogen-bond donors (Lipinski definition) is 1. The summed E-state index contributed by atoms with van der Waals surface area (Å²) in [4.78, 5) is 0. The molecule has 0 saturated heterocycles. The summed E-state index contributed by atoms with van der Waals surface area (Å²) in [7, 11) is 0. The zero-order chi connectivity index (χ0) is 12.3. The van der Waals surface area contributed by atoms with E-state index >= 15 is 0 Å². The average molecular weight is 276 g/mol. The second-order valence-corrected chi connectivity index (χ2v) is 5.62. The molecule has 2 rings (SSSR count). The van der Waals surface area contributed by atoms with Crippen LogP contribution in [0.1, 0.15) is 24.8 Å². The van der Waals surface area contributed by atoms with Crippen LogP contribution in [-0.4, -0.2) is 11.9 Å². The lowest BCUT2D eigenvalue weighted by Gasteiger charge is -2.11. The van der Waals surface area contributed by atoms with Crippen molar-refractivity contribution < 1.29 is 4.39 Å². The standard InChI is InChI=1S/C13H16Cl2FN/c14-11-5-4-9(6-11)7-17-8-10-2-1-3-12(16)13(10)15/h1-3,9,11,17H,4-8H2. The van der Waals surface area contributed by atoms with Crippen molar-refractivity contribution >= 4 is 23.2 Å². The fourth-order valence-corrected chi connectivity index (χ4v) is 2.87. The molecule has 0 radical (unpaired) electrons. The summed E-state index contributed by atoms with van der Waals surface area (Å²) in [5, 5.41) is 3.88. The van der Waals surface area contributed by atoms with Gasteiger partial charge in [-0.05, 0) is 43.4 Å². The molecule has 0 bridgehead atoms. The van der Waals surface area contributed by atoms with Crippen molar-refractivity contribution in [1.29, 1.82) is 0 Å². The van der Waals surface area contributed by atoms with E-state index in [2.05, 4.69) is 5.32 Å². The van der Waals surface area contributed by atoms with E-state index in [-0.39, 0.29) is 10.8 Å². The molecule has 1 N–H and O–H groups in total. The van der Waals surface area contributed by atoms with Gasteiger partial charge in [0, 0.05) is 11.9 Å². The van der Waals surface area contributed by atoms with E-state index in [0.717, 1.165) is 24.9 Å². The lowest BCUT2D eigenvalue weighted by atomic mass is 10.1. The molecule has 17 heavy (non-hydrogen) atoms. The highest BCUT2D eigenvalue weighted by molar-refractivity contribution is 6.31. The van der Waals surface area contributed by atoms with Crippen LogP contribution in [0.3, 0.4) is 0 Å². The lowest BCUT2D eigenvalue weighted by molar-refractivity contribution is 0.489. The van der Waals surface area contributed by atoms with Crippen LogP contribution in [0.4, 0.5) is 4.39 Å². The zero-order valence-electron chi connectivity index (χ0n) is 9.56. The van der Waals surface area contributed by atoms with Crippen molar-refractivity contribution in [3.63, 3.8) is 0 Å².